The van der Waals surface area contributed by atoms with Crippen molar-refractivity contribution < 1.29 is 13.9 Å². The van der Waals surface area contributed by atoms with Crippen LogP contribution in [0.1, 0.15) is 22.8 Å². The number of aromatic nitrogens is 2. The van der Waals surface area contributed by atoms with Gasteiger partial charge < -0.3 is 29.7 Å². The van der Waals surface area contributed by atoms with E-state index in [-0.39, 0.29) is 11.3 Å². The Hall–Kier alpha value is -3.34. The van der Waals surface area contributed by atoms with Gasteiger partial charge in [0.25, 0.3) is 11.9 Å². The van der Waals surface area contributed by atoms with Gasteiger partial charge in [-0.2, -0.15) is 4.98 Å². The van der Waals surface area contributed by atoms with Crippen LogP contribution < -0.4 is 16.5 Å². The molecule has 35 heavy (non-hydrogen) atoms. The molecule has 0 radical (unpaired) electrons. The third-order valence-corrected chi connectivity index (χ3v) is 6.49. The van der Waals surface area contributed by atoms with Crippen molar-refractivity contribution in [2.45, 2.75) is 6.92 Å². The first-order chi connectivity index (χ1) is 16.8. The molecular weight excluding hydrogens is 470 g/mol. The van der Waals surface area contributed by atoms with Crippen molar-refractivity contribution in [1.29, 1.82) is 0 Å². The summed E-state index contributed by atoms with van der Waals surface area (Å²) in [4.78, 5) is 25.5. The number of nitrogens with two attached hydrogens (primary N) is 2. The lowest BCUT2D eigenvalue weighted by Gasteiger charge is -2.40. The topological polar surface area (TPSA) is 127 Å². The van der Waals surface area contributed by atoms with Crippen LogP contribution in [-0.4, -0.2) is 71.7 Å². The third-order valence-electron chi connectivity index (χ3n) is 6.28. The fraction of sp³-hybridized carbons (Fsp3) is 0.375. The van der Waals surface area contributed by atoms with Gasteiger partial charge in [0.1, 0.15) is 5.15 Å². The summed E-state index contributed by atoms with van der Waals surface area (Å²) in [5, 5.41) is 1.97. The molecule has 2 aliphatic heterocycles. The second kappa shape index (κ2) is 9.37. The van der Waals surface area contributed by atoms with E-state index in [0.29, 0.717) is 79.6 Å². The van der Waals surface area contributed by atoms with Gasteiger partial charge in [-0.05, 0) is 29.8 Å². The van der Waals surface area contributed by atoms with Crippen molar-refractivity contribution in [1.82, 2.24) is 19.9 Å². The highest BCUT2D eigenvalue weighted by Crippen LogP contribution is 2.27. The van der Waals surface area contributed by atoms with Crippen molar-refractivity contribution in [3.05, 3.63) is 58.9 Å². The van der Waals surface area contributed by atoms with E-state index in [0.717, 1.165) is 5.56 Å². The zero-order valence-corrected chi connectivity index (χ0v) is 20.2. The number of carbonyl (C=O) groups is 1. The third kappa shape index (κ3) is 5.04. The highest BCUT2D eigenvalue weighted by Gasteiger charge is 2.34. The summed E-state index contributed by atoms with van der Waals surface area (Å²) in [5.41, 5.74) is 9.30. The number of hydrogen-bond acceptors (Lipinski definition) is 9. The molecule has 10 nitrogen and oxygen atoms in total. The summed E-state index contributed by atoms with van der Waals surface area (Å²) in [6, 6.07) is 11.2. The summed E-state index contributed by atoms with van der Waals surface area (Å²) in [5.74, 6) is 6.08. The van der Waals surface area contributed by atoms with Crippen molar-refractivity contribution in [2.24, 2.45) is 17.0 Å². The molecule has 4 N–H and O–H groups in total. The first-order valence-electron chi connectivity index (χ1n) is 11.4. The molecule has 4 heterocycles. The summed E-state index contributed by atoms with van der Waals surface area (Å²) in [6.07, 6.45) is 1.72. The fourth-order valence-corrected chi connectivity index (χ4v) is 4.43. The van der Waals surface area contributed by atoms with Gasteiger partial charge in [0.15, 0.2) is 5.58 Å². The van der Waals surface area contributed by atoms with Gasteiger partial charge >= 0.3 is 0 Å². The van der Waals surface area contributed by atoms with Gasteiger partial charge in [-0.15, -0.1) is 0 Å². The van der Waals surface area contributed by atoms with Gasteiger partial charge in [0, 0.05) is 49.9 Å². The number of ether oxygens (including phenoxy) is 1. The molecule has 0 bridgehead atoms. The van der Waals surface area contributed by atoms with Crippen LogP contribution in [0, 0.1) is 5.41 Å². The van der Waals surface area contributed by atoms with E-state index < -0.39 is 0 Å². The number of anilines is 1. The van der Waals surface area contributed by atoms with Gasteiger partial charge in [-0.25, -0.2) is 10.8 Å². The highest BCUT2D eigenvalue weighted by molar-refractivity contribution is 6.29. The lowest BCUT2D eigenvalue weighted by molar-refractivity contribution is -0.110. The zero-order valence-electron chi connectivity index (χ0n) is 19.5. The second-order valence-electron chi connectivity index (χ2n) is 9.37. The molecular formula is C24H28ClN7O3. The normalized spacial score (nSPS) is 18.0. The first-order valence-corrected chi connectivity index (χ1v) is 11.8. The van der Waals surface area contributed by atoms with Crippen LogP contribution in [0.3, 0.4) is 0 Å². The van der Waals surface area contributed by atoms with Crippen LogP contribution >= 0.6 is 11.6 Å². The average Bonchev–Trinajstić information content (AvgIpc) is 3.26. The molecule has 2 saturated heterocycles. The number of piperazine rings is 1. The maximum absolute atomic E-state index is 13.0. The maximum Gasteiger partial charge on any atom is 0.300 e. The summed E-state index contributed by atoms with van der Waals surface area (Å²) >= 11 is 5.93. The number of nitrogens with zero attached hydrogens (tertiary/aromatic N) is 5. The predicted molar refractivity (Wildman–Crippen MR) is 133 cm³/mol. The number of carbonyl (C=O) groups excluding carboxylic acids is 1. The fourth-order valence-electron chi connectivity index (χ4n) is 4.29. The van der Waals surface area contributed by atoms with Crippen LogP contribution in [0.25, 0.3) is 16.9 Å². The highest BCUT2D eigenvalue weighted by atomic mass is 35.5. The summed E-state index contributed by atoms with van der Waals surface area (Å²) < 4.78 is 11.1. The van der Waals surface area contributed by atoms with E-state index in [4.69, 9.17) is 32.3 Å². The van der Waals surface area contributed by atoms with Crippen molar-refractivity contribution in [3.63, 3.8) is 0 Å². The number of benzene rings is 1. The molecule has 1 amide bonds. The summed E-state index contributed by atoms with van der Waals surface area (Å²) in [7, 11) is 0. The Bertz CT molecular complexity index is 1250. The molecule has 0 unspecified atom stereocenters. The van der Waals surface area contributed by atoms with Crippen LogP contribution in [0.15, 0.2) is 47.0 Å². The van der Waals surface area contributed by atoms with Crippen molar-refractivity contribution in [2.75, 3.05) is 50.8 Å². The minimum absolute atomic E-state index is 0.0249. The molecule has 2 aromatic heterocycles. The van der Waals surface area contributed by atoms with E-state index in [1.165, 1.54) is 0 Å². The van der Waals surface area contributed by atoms with Crippen molar-refractivity contribution >= 4 is 40.5 Å². The lowest BCUT2D eigenvalue weighted by Crippen LogP contribution is -2.49. The SMILES string of the molecule is CC1(CN(N)/C=C(\N)c2ccc(C(=O)N3CCN(c4nc5nc(Cl)ccc5o4)CC3)cc2)COC1. The number of oxazole rings is 1. The Morgan fingerprint density at radius 1 is 1.11 bits per heavy atom. The van der Waals surface area contributed by atoms with E-state index >= 15 is 0 Å². The number of hydrazine groups is 1. The second-order valence-corrected chi connectivity index (χ2v) is 9.76. The smallest absolute Gasteiger partial charge is 0.300 e. The van der Waals surface area contributed by atoms with Gasteiger partial charge in [-0.1, -0.05) is 30.7 Å². The minimum Gasteiger partial charge on any atom is -0.422 e. The van der Waals surface area contributed by atoms with Crippen LogP contribution in [-0.2, 0) is 4.74 Å². The Morgan fingerprint density at radius 3 is 2.46 bits per heavy atom. The molecule has 184 valence electrons. The number of amides is 1. The quantitative estimate of drug-likeness (QED) is 0.299. The Balaban J connectivity index is 1.18. The Kier molecular flexibility index (Phi) is 6.26. The summed E-state index contributed by atoms with van der Waals surface area (Å²) in [6.45, 7) is 6.50. The minimum atomic E-state index is -0.0249. The molecule has 0 saturated carbocycles. The Morgan fingerprint density at radius 2 is 1.80 bits per heavy atom. The molecule has 1 aromatic carbocycles. The first kappa shape index (κ1) is 23.4. The van der Waals surface area contributed by atoms with Gasteiger partial charge in [0.05, 0.1) is 18.9 Å². The molecule has 0 aliphatic carbocycles. The van der Waals surface area contributed by atoms with Gasteiger partial charge in [0.2, 0.25) is 5.65 Å². The zero-order chi connectivity index (χ0) is 24.6. The Labute approximate surface area is 208 Å². The maximum atomic E-state index is 13.0. The number of fused-ring (bicyclic) bond motifs is 1. The van der Waals surface area contributed by atoms with Gasteiger partial charge in [-0.3, -0.25) is 4.79 Å². The van der Waals surface area contributed by atoms with Crippen LogP contribution in [0.2, 0.25) is 5.15 Å². The predicted octanol–water partition coefficient (Wildman–Crippen LogP) is 2.31. The van der Waals surface area contributed by atoms with Crippen LogP contribution in [0.4, 0.5) is 6.01 Å². The van der Waals surface area contributed by atoms with E-state index in [9.17, 15) is 4.79 Å². The number of halogens is 1. The number of hydrogen-bond donors (Lipinski definition) is 2. The molecule has 2 fully saturated rings. The molecule has 11 heteroatoms. The molecule has 2 aliphatic rings. The molecule has 5 rings (SSSR count). The molecule has 0 spiro atoms. The van der Waals surface area contributed by atoms with Crippen LogP contribution in [0.5, 0.6) is 0 Å². The van der Waals surface area contributed by atoms with E-state index in [1.54, 1.807) is 35.5 Å². The largest absolute Gasteiger partial charge is 0.422 e. The molecule has 0 atom stereocenters. The average molecular weight is 498 g/mol. The lowest BCUT2D eigenvalue weighted by atomic mass is 9.88. The van der Waals surface area contributed by atoms with E-state index in [2.05, 4.69) is 16.9 Å². The number of rotatable bonds is 6. The standard InChI is InChI=1S/C24H28ClN7O3/c1-24(14-34-15-24)13-32(27)12-18(26)16-2-4-17(5-3-16)22(33)30-8-10-31(11-9-30)23-29-21-19(35-23)6-7-20(25)28-21/h2-7,12H,8-11,13-15,26-27H2,1H3/b18-12-. The molecule has 3 aromatic rings. The monoisotopic (exact) mass is 497 g/mol. The van der Waals surface area contributed by atoms with Crippen molar-refractivity contribution in [3.8, 4) is 0 Å². The number of pyridine rings is 1. The van der Waals surface area contributed by atoms with E-state index in [1.807, 2.05) is 21.9 Å².